The summed E-state index contributed by atoms with van der Waals surface area (Å²) in [6, 6.07) is 2.97. The van der Waals surface area contributed by atoms with Crippen molar-refractivity contribution in [3.63, 3.8) is 0 Å². The monoisotopic (exact) mass is 444 g/mol. The van der Waals surface area contributed by atoms with E-state index < -0.39 is 6.04 Å². The standard InChI is InChI=1S/C24H29ClN2O4/c25-17-9-20-21(31-5-4-30-20)10-18(17)26-22(28)19-2-1-3-27(19)23(29)24-11-14-6-15(12-24)8-16(7-14)13-24/h9-10,14-16,19H,1-8,11-13H2,(H,26,28). The zero-order valence-corrected chi connectivity index (χ0v) is 18.5. The van der Waals surface area contributed by atoms with Crippen LogP contribution in [0.4, 0.5) is 5.69 Å². The Morgan fingerprint density at radius 1 is 1.00 bits per heavy atom. The van der Waals surface area contributed by atoms with Crippen molar-refractivity contribution in [1.29, 1.82) is 0 Å². The van der Waals surface area contributed by atoms with Crippen LogP contribution in [0.2, 0.25) is 5.02 Å². The summed E-state index contributed by atoms with van der Waals surface area (Å²) in [5.41, 5.74) is 0.289. The Labute approximate surface area is 187 Å². The molecule has 4 aliphatic carbocycles. The van der Waals surface area contributed by atoms with Crippen molar-refractivity contribution >= 4 is 29.1 Å². The third kappa shape index (κ3) is 3.29. The maximum absolute atomic E-state index is 13.8. The molecule has 7 heteroatoms. The Kier molecular flexibility index (Phi) is 4.64. The number of carbonyl (C=O) groups is 2. The SMILES string of the molecule is O=C(Nc1cc2c(cc1Cl)OCCO2)C1CCCN1C(=O)C12CC3CC(CC(C3)C1)C2. The first-order chi connectivity index (χ1) is 15.0. The van der Waals surface area contributed by atoms with Crippen LogP contribution in [0.1, 0.15) is 51.4 Å². The van der Waals surface area contributed by atoms with Crippen molar-refractivity contribution in [2.45, 2.75) is 57.4 Å². The van der Waals surface area contributed by atoms with Gasteiger partial charge in [-0.05, 0) is 69.1 Å². The molecule has 1 unspecified atom stereocenters. The summed E-state index contributed by atoms with van der Waals surface area (Å²) in [6.07, 6.45) is 8.55. The topological polar surface area (TPSA) is 67.9 Å². The molecule has 5 fully saturated rings. The quantitative estimate of drug-likeness (QED) is 0.756. The van der Waals surface area contributed by atoms with Crippen LogP contribution in [0.15, 0.2) is 12.1 Å². The van der Waals surface area contributed by atoms with Crippen LogP contribution in [-0.4, -0.2) is 42.5 Å². The number of hydrogen-bond donors (Lipinski definition) is 1. The summed E-state index contributed by atoms with van der Waals surface area (Å²) in [7, 11) is 0. The van der Waals surface area contributed by atoms with E-state index in [0.29, 0.717) is 66.1 Å². The average Bonchev–Trinajstić information content (AvgIpc) is 3.22. The smallest absolute Gasteiger partial charge is 0.247 e. The molecule has 4 bridgehead atoms. The molecule has 1 atom stereocenters. The molecule has 2 aliphatic heterocycles. The molecule has 1 aromatic carbocycles. The number of benzene rings is 1. The number of ether oxygens (including phenoxy) is 2. The molecule has 0 aromatic heterocycles. The van der Waals surface area contributed by atoms with Gasteiger partial charge in [-0.3, -0.25) is 9.59 Å². The summed E-state index contributed by atoms with van der Waals surface area (Å²) >= 11 is 6.39. The molecule has 4 saturated carbocycles. The van der Waals surface area contributed by atoms with Gasteiger partial charge in [-0.2, -0.15) is 0 Å². The molecule has 0 spiro atoms. The number of nitrogens with one attached hydrogen (secondary N) is 1. The molecule has 1 saturated heterocycles. The van der Waals surface area contributed by atoms with E-state index >= 15 is 0 Å². The lowest BCUT2D eigenvalue weighted by Crippen LogP contribution is -2.56. The first-order valence-corrected chi connectivity index (χ1v) is 12.1. The second-order valence-corrected chi connectivity index (χ2v) is 10.7. The number of carbonyl (C=O) groups excluding carboxylic acids is 2. The molecule has 6 nitrogen and oxygen atoms in total. The molecule has 31 heavy (non-hydrogen) atoms. The Morgan fingerprint density at radius 2 is 1.61 bits per heavy atom. The van der Waals surface area contributed by atoms with Crippen molar-refractivity contribution in [2.24, 2.45) is 23.2 Å². The van der Waals surface area contributed by atoms with E-state index in [1.165, 1.54) is 19.3 Å². The molecule has 2 amide bonds. The van der Waals surface area contributed by atoms with Gasteiger partial charge in [0.05, 0.1) is 16.1 Å². The summed E-state index contributed by atoms with van der Waals surface area (Å²) in [5, 5.41) is 3.37. The van der Waals surface area contributed by atoms with Gasteiger partial charge in [-0.15, -0.1) is 0 Å². The van der Waals surface area contributed by atoms with E-state index in [0.717, 1.165) is 25.7 Å². The van der Waals surface area contributed by atoms with Gasteiger partial charge in [0.25, 0.3) is 0 Å². The largest absolute Gasteiger partial charge is 0.486 e. The van der Waals surface area contributed by atoms with Gasteiger partial charge < -0.3 is 19.7 Å². The van der Waals surface area contributed by atoms with Gasteiger partial charge in [0.15, 0.2) is 11.5 Å². The first kappa shape index (κ1) is 19.7. The van der Waals surface area contributed by atoms with E-state index in [1.54, 1.807) is 12.1 Å². The Balaban J connectivity index is 1.20. The van der Waals surface area contributed by atoms with Crippen molar-refractivity contribution in [1.82, 2.24) is 4.90 Å². The average molecular weight is 445 g/mol. The summed E-state index contributed by atoms with van der Waals surface area (Å²) in [6.45, 7) is 1.63. The lowest BCUT2D eigenvalue weighted by Gasteiger charge is -2.56. The predicted octanol–water partition coefficient (Wildman–Crippen LogP) is 4.26. The van der Waals surface area contributed by atoms with Crippen molar-refractivity contribution in [3.05, 3.63) is 17.2 Å². The zero-order chi connectivity index (χ0) is 21.2. The molecular weight excluding hydrogens is 416 g/mol. The van der Waals surface area contributed by atoms with Crippen LogP contribution in [-0.2, 0) is 9.59 Å². The van der Waals surface area contributed by atoms with Crippen LogP contribution in [0.25, 0.3) is 0 Å². The number of amides is 2. The van der Waals surface area contributed by atoms with E-state index in [-0.39, 0.29) is 17.2 Å². The molecule has 166 valence electrons. The highest BCUT2D eigenvalue weighted by Gasteiger charge is 2.56. The summed E-state index contributed by atoms with van der Waals surface area (Å²) in [5.74, 6) is 3.38. The summed E-state index contributed by atoms with van der Waals surface area (Å²) < 4.78 is 11.2. The first-order valence-electron chi connectivity index (χ1n) is 11.7. The Morgan fingerprint density at radius 3 is 2.26 bits per heavy atom. The molecule has 1 N–H and O–H groups in total. The minimum atomic E-state index is -0.426. The Hall–Kier alpha value is -1.95. The summed E-state index contributed by atoms with van der Waals surface area (Å²) in [4.78, 5) is 28.9. The highest BCUT2D eigenvalue weighted by atomic mass is 35.5. The molecule has 7 rings (SSSR count). The zero-order valence-electron chi connectivity index (χ0n) is 17.7. The number of likely N-dealkylation sites (tertiary alicyclic amines) is 1. The van der Waals surface area contributed by atoms with Crippen LogP contribution in [0.5, 0.6) is 11.5 Å². The van der Waals surface area contributed by atoms with Gasteiger partial charge >= 0.3 is 0 Å². The van der Waals surface area contributed by atoms with Gasteiger partial charge in [0.1, 0.15) is 19.3 Å². The van der Waals surface area contributed by atoms with Crippen molar-refractivity contribution in [3.8, 4) is 11.5 Å². The van der Waals surface area contributed by atoms with E-state index in [2.05, 4.69) is 5.32 Å². The second-order valence-electron chi connectivity index (χ2n) is 10.3. The normalized spacial score (nSPS) is 35.3. The van der Waals surface area contributed by atoms with E-state index in [9.17, 15) is 9.59 Å². The maximum atomic E-state index is 13.8. The fourth-order valence-corrected chi connectivity index (χ4v) is 7.54. The fraction of sp³-hybridized carbons (Fsp3) is 0.667. The van der Waals surface area contributed by atoms with E-state index in [4.69, 9.17) is 21.1 Å². The maximum Gasteiger partial charge on any atom is 0.247 e. The van der Waals surface area contributed by atoms with Crippen molar-refractivity contribution in [2.75, 3.05) is 25.1 Å². The van der Waals surface area contributed by atoms with Gasteiger partial charge in [0.2, 0.25) is 11.8 Å². The number of rotatable bonds is 3. The second kappa shape index (κ2) is 7.29. The van der Waals surface area contributed by atoms with Crippen LogP contribution in [0, 0.1) is 23.2 Å². The van der Waals surface area contributed by atoms with E-state index in [1.807, 2.05) is 4.90 Å². The van der Waals surface area contributed by atoms with Gasteiger partial charge in [-0.1, -0.05) is 11.6 Å². The molecule has 6 aliphatic rings. The van der Waals surface area contributed by atoms with Crippen LogP contribution in [0.3, 0.4) is 0 Å². The molecular formula is C24H29ClN2O4. The van der Waals surface area contributed by atoms with Gasteiger partial charge in [0, 0.05) is 18.7 Å². The lowest BCUT2D eigenvalue weighted by molar-refractivity contribution is -0.160. The third-order valence-electron chi connectivity index (χ3n) is 8.20. The minimum absolute atomic E-state index is 0.158. The minimum Gasteiger partial charge on any atom is -0.486 e. The number of halogens is 1. The number of anilines is 1. The molecule has 2 heterocycles. The Bertz CT molecular complexity index is 897. The number of fused-ring (bicyclic) bond motifs is 1. The predicted molar refractivity (Wildman–Crippen MR) is 116 cm³/mol. The number of hydrogen-bond acceptors (Lipinski definition) is 4. The molecule has 0 radical (unpaired) electrons. The molecule has 1 aromatic rings. The van der Waals surface area contributed by atoms with Gasteiger partial charge in [-0.25, -0.2) is 0 Å². The fourth-order valence-electron chi connectivity index (χ4n) is 7.34. The third-order valence-corrected chi connectivity index (χ3v) is 8.51. The van der Waals surface area contributed by atoms with Crippen LogP contribution < -0.4 is 14.8 Å². The van der Waals surface area contributed by atoms with Crippen molar-refractivity contribution < 1.29 is 19.1 Å². The highest BCUT2D eigenvalue weighted by Crippen LogP contribution is 2.60. The highest BCUT2D eigenvalue weighted by molar-refractivity contribution is 6.34. The number of nitrogens with zero attached hydrogens (tertiary/aromatic N) is 1. The lowest BCUT2D eigenvalue weighted by atomic mass is 9.49. The van der Waals surface area contributed by atoms with Crippen LogP contribution >= 0.6 is 11.6 Å².